The Labute approximate surface area is 265 Å². The molecule has 4 heteroatoms. The van der Waals surface area contributed by atoms with Gasteiger partial charge in [-0.15, -0.1) is 34.2 Å². The molecular formula is C35H30Cl2HfSi. The van der Waals surface area contributed by atoms with E-state index in [1.807, 2.05) is 24.3 Å². The van der Waals surface area contributed by atoms with Gasteiger partial charge < -0.3 is 21.8 Å². The minimum Gasteiger partial charge on any atom is -0.358 e. The summed E-state index contributed by atoms with van der Waals surface area (Å²) in [6.45, 7) is 4.19. The molecule has 1 aliphatic rings. The monoisotopic (exact) mass is 728 g/mol. The van der Waals surface area contributed by atoms with Crippen molar-refractivity contribution in [2.24, 2.45) is 0 Å². The first-order valence-corrected chi connectivity index (χ1v) is 14.0. The van der Waals surface area contributed by atoms with Crippen LogP contribution in [-0.2, 0) is 25.8 Å². The number of rotatable bonds is 6. The van der Waals surface area contributed by atoms with Gasteiger partial charge in [-0.05, 0) is 58.0 Å². The van der Waals surface area contributed by atoms with Gasteiger partial charge in [-0.2, -0.15) is 12.5 Å². The molecule has 0 nitrogen and oxygen atoms in total. The second kappa shape index (κ2) is 13.5. The van der Waals surface area contributed by atoms with Crippen LogP contribution in [0.3, 0.4) is 0 Å². The van der Waals surface area contributed by atoms with Gasteiger partial charge in [0.15, 0.2) is 0 Å². The molecule has 0 aromatic heterocycles. The minimum absolute atomic E-state index is 0. The molecule has 0 saturated heterocycles. The molecular weight excluding hydrogens is 698 g/mol. The average molecular weight is 728 g/mol. The third kappa shape index (κ3) is 6.30. The number of allylic oxidation sites excluding steroid dienone is 1. The van der Waals surface area contributed by atoms with E-state index in [-0.39, 0.29) is 40.7 Å². The first-order chi connectivity index (χ1) is 17.6. The van der Waals surface area contributed by atoms with Crippen molar-refractivity contribution in [2.75, 3.05) is 0 Å². The molecule has 0 spiro atoms. The number of hydrogen-bond acceptors (Lipinski definition) is 0. The molecule has 0 bridgehead atoms. The van der Waals surface area contributed by atoms with Gasteiger partial charge in [-0.25, -0.2) is 0 Å². The van der Waals surface area contributed by atoms with Crippen molar-refractivity contribution >= 4 is 54.8 Å². The molecule has 0 amide bonds. The summed E-state index contributed by atoms with van der Waals surface area (Å²) in [5, 5.41) is 6.99. The normalized spacial score (nSPS) is 13.6. The van der Waals surface area contributed by atoms with Crippen molar-refractivity contribution in [1.82, 2.24) is 0 Å². The van der Waals surface area contributed by atoms with Gasteiger partial charge >= 0.3 is 25.8 Å². The summed E-state index contributed by atoms with van der Waals surface area (Å²) in [6.07, 6.45) is 4.42. The van der Waals surface area contributed by atoms with E-state index in [4.69, 9.17) is 23.2 Å². The Morgan fingerprint density at radius 2 is 1.36 bits per heavy atom. The molecule has 1 aliphatic carbocycles. The van der Waals surface area contributed by atoms with Gasteiger partial charge in [0, 0.05) is 10.0 Å². The van der Waals surface area contributed by atoms with Crippen LogP contribution in [0.15, 0.2) is 102 Å². The first kappa shape index (κ1) is 31.4. The van der Waals surface area contributed by atoms with Crippen LogP contribution in [0.5, 0.6) is 0 Å². The maximum atomic E-state index is 6.16. The molecule has 0 saturated carbocycles. The fourth-order valence-electron chi connectivity index (χ4n) is 5.35. The van der Waals surface area contributed by atoms with Gasteiger partial charge in [-0.1, -0.05) is 95.0 Å². The third-order valence-electron chi connectivity index (χ3n) is 7.03. The average Bonchev–Trinajstić information content (AvgIpc) is 3.46. The number of benzene rings is 4. The quantitative estimate of drug-likeness (QED) is 0.121. The molecule has 1 unspecified atom stereocenters. The summed E-state index contributed by atoms with van der Waals surface area (Å²) in [4.78, 5) is 0. The molecule has 5 aromatic carbocycles. The molecule has 6 rings (SSSR count). The van der Waals surface area contributed by atoms with E-state index in [2.05, 4.69) is 85.8 Å². The van der Waals surface area contributed by atoms with E-state index in [0.717, 1.165) is 22.9 Å². The minimum atomic E-state index is 0. The van der Waals surface area contributed by atoms with E-state index in [0.29, 0.717) is 15.4 Å². The van der Waals surface area contributed by atoms with E-state index in [9.17, 15) is 0 Å². The van der Waals surface area contributed by atoms with Crippen molar-refractivity contribution in [3.8, 4) is 22.3 Å². The number of halogens is 2. The Bertz CT molecular complexity index is 1580. The zero-order chi connectivity index (χ0) is 24.6. The number of hydrogen-bond donors (Lipinski definition) is 0. The van der Waals surface area contributed by atoms with E-state index in [1.165, 1.54) is 54.5 Å². The standard InChI is InChI=1S/C33H24Cl2Si.2CH3.Hf/c1-2-5-30-29-9-4-8-28(22-12-16-25(35)17-13-22)32(29)20-33(30)36-26-18-23-6-3-7-27(31(23)19-26)21-10-14-24(34)15-11-21;;;/h3-4,6-20,30H,1-2,5H2;2*1H3;/q-2;2*-1;+4. The summed E-state index contributed by atoms with van der Waals surface area (Å²) < 4.78 is 0. The zero-order valence-electron chi connectivity index (χ0n) is 22.3. The van der Waals surface area contributed by atoms with Crippen molar-refractivity contribution in [3.05, 3.63) is 145 Å². The maximum Gasteiger partial charge on any atom is 4.00 e. The molecule has 2 radical (unpaired) electrons. The van der Waals surface area contributed by atoms with Gasteiger partial charge in [0.1, 0.15) is 0 Å². The Kier molecular flexibility index (Phi) is 10.9. The Hall–Kier alpha value is -2.10. The molecule has 1 atom stereocenters. The van der Waals surface area contributed by atoms with Gasteiger partial charge in [0.05, 0.1) is 9.52 Å². The van der Waals surface area contributed by atoms with Crippen LogP contribution in [0, 0.1) is 21.8 Å². The Morgan fingerprint density at radius 1 is 0.769 bits per heavy atom. The number of fused-ring (bicyclic) bond motifs is 2. The van der Waals surface area contributed by atoms with Crippen LogP contribution >= 0.6 is 23.2 Å². The summed E-state index contributed by atoms with van der Waals surface area (Å²) in [5.74, 6) is 0.414. The fraction of sp³-hybridized carbons (Fsp3) is 0.0857. The first-order valence-electron chi connectivity index (χ1n) is 12.2. The second-order valence-electron chi connectivity index (χ2n) is 9.29. The van der Waals surface area contributed by atoms with Crippen LogP contribution in [0.2, 0.25) is 10.0 Å². The zero-order valence-corrected chi connectivity index (χ0v) is 28.4. The summed E-state index contributed by atoms with van der Waals surface area (Å²) >= 11 is 12.3. The largest absolute Gasteiger partial charge is 4.00 e. The Morgan fingerprint density at radius 3 is 2.00 bits per heavy atom. The Balaban J connectivity index is 0.00000140. The van der Waals surface area contributed by atoms with Gasteiger partial charge in [0.25, 0.3) is 0 Å². The van der Waals surface area contributed by atoms with E-state index < -0.39 is 0 Å². The SMILES string of the molecule is [CH2-]CCC1C([Si]c2cc3c(-c4ccc(Cl)cc4)cccc3[cH-]2)=Cc2c(-c3ccc(Cl)cc3)cccc21.[CH3-].[CH3-].[Hf+4]. The molecule has 0 aliphatic heterocycles. The molecule has 39 heavy (non-hydrogen) atoms. The smallest absolute Gasteiger partial charge is 0.358 e. The van der Waals surface area contributed by atoms with Crippen molar-refractivity contribution in [3.63, 3.8) is 0 Å². The summed E-state index contributed by atoms with van der Waals surface area (Å²) in [6, 6.07) is 34.3. The summed E-state index contributed by atoms with van der Waals surface area (Å²) in [7, 11) is 0.623. The van der Waals surface area contributed by atoms with Crippen molar-refractivity contribution in [2.45, 2.75) is 18.8 Å². The van der Waals surface area contributed by atoms with Crippen molar-refractivity contribution < 1.29 is 25.8 Å². The van der Waals surface area contributed by atoms with Crippen LogP contribution in [0.1, 0.15) is 29.9 Å². The molecule has 0 N–H and O–H groups in total. The molecule has 0 fully saturated rings. The van der Waals surface area contributed by atoms with E-state index >= 15 is 0 Å². The molecule has 192 valence electrons. The van der Waals surface area contributed by atoms with Gasteiger partial charge in [0.2, 0.25) is 0 Å². The molecule has 5 aromatic rings. The predicted octanol–water partition coefficient (Wildman–Crippen LogP) is 10.2. The van der Waals surface area contributed by atoms with Crippen molar-refractivity contribution in [1.29, 1.82) is 0 Å². The fourth-order valence-corrected chi connectivity index (χ4v) is 7.07. The van der Waals surface area contributed by atoms with Crippen LogP contribution in [-0.4, -0.2) is 9.52 Å². The summed E-state index contributed by atoms with van der Waals surface area (Å²) in [5.41, 5.74) is 7.70. The molecule has 0 heterocycles. The van der Waals surface area contributed by atoms with Crippen LogP contribution < -0.4 is 5.19 Å². The topological polar surface area (TPSA) is 0 Å². The predicted molar refractivity (Wildman–Crippen MR) is 170 cm³/mol. The van der Waals surface area contributed by atoms with Crippen LogP contribution in [0.25, 0.3) is 39.1 Å². The third-order valence-corrected chi connectivity index (χ3v) is 8.90. The van der Waals surface area contributed by atoms with Gasteiger partial charge in [-0.3, -0.25) is 0 Å². The van der Waals surface area contributed by atoms with Crippen LogP contribution in [0.4, 0.5) is 0 Å². The van der Waals surface area contributed by atoms with E-state index in [1.54, 1.807) is 0 Å². The maximum absolute atomic E-state index is 6.16. The second-order valence-corrected chi connectivity index (χ2v) is 11.6.